The molecule has 2 aromatic rings. The molecule has 158 valence electrons. The summed E-state index contributed by atoms with van der Waals surface area (Å²) < 4.78 is 11.8. The molecule has 0 radical (unpaired) electrons. The van der Waals surface area contributed by atoms with Crippen LogP contribution >= 0.6 is 11.6 Å². The summed E-state index contributed by atoms with van der Waals surface area (Å²) in [5.74, 6) is 1.88. The third kappa shape index (κ3) is 7.93. The maximum Gasteiger partial charge on any atom is 0.243 e. The number of nitrogens with one attached hydrogen (secondary N) is 1. The van der Waals surface area contributed by atoms with Crippen LogP contribution in [0.1, 0.15) is 33.1 Å². The highest BCUT2D eigenvalue weighted by Crippen LogP contribution is 2.25. The molecule has 29 heavy (non-hydrogen) atoms. The molecule has 0 saturated carbocycles. The predicted octanol–water partition coefficient (Wildman–Crippen LogP) is 4.90. The van der Waals surface area contributed by atoms with Crippen molar-refractivity contribution >= 4 is 17.5 Å². The van der Waals surface area contributed by atoms with Gasteiger partial charge in [0.25, 0.3) is 0 Å². The molecule has 0 heterocycles. The molecule has 7 heteroatoms. The van der Waals surface area contributed by atoms with Gasteiger partial charge in [0.15, 0.2) is 0 Å². The Morgan fingerprint density at radius 1 is 1.07 bits per heavy atom. The minimum absolute atomic E-state index is 0.252. The second-order valence-electron chi connectivity index (χ2n) is 6.67. The van der Waals surface area contributed by atoms with Crippen LogP contribution in [0.4, 0.5) is 0 Å². The van der Waals surface area contributed by atoms with E-state index in [4.69, 9.17) is 26.3 Å². The van der Waals surface area contributed by atoms with Crippen molar-refractivity contribution in [3.63, 3.8) is 0 Å². The van der Waals surface area contributed by atoms with Crippen LogP contribution in [0.15, 0.2) is 48.5 Å². The summed E-state index contributed by atoms with van der Waals surface area (Å²) >= 11 is 5.89. The van der Waals surface area contributed by atoms with E-state index < -0.39 is 0 Å². The SMILES string of the molecule is CC[C@@H](COc1ccc(Oc2ccc(Cl)cc2)cc1)N(CC)CCCC(=O)NO. The van der Waals surface area contributed by atoms with Crippen molar-refractivity contribution in [3.8, 4) is 17.2 Å². The minimum atomic E-state index is -0.355. The van der Waals surface area contributed by atoms with Crippen molar-refractivity contribution in [2.24, 2.45) is 0 Å². The zero-order valence-electron chi connectivity index (χ0n) is 16.9. The Hall–Kier alpha value is -2.28. The van der Waals surface area contributed by atoms with Gasteiger partial charge >= 0.3 is 0 Å². The Morgan fingerprint density at radius 2 is 1.66 bits per heavy atom. The van der Waals surface area contributed by atoms with Crippen molar-refractivity contribution in [2.45, 2.75) is 39.2 Å². The van der Waals surface area contributed by atoms with Crippen molar-refractivity contribution in [1.29, 1.82) is 0 Å². The van der Waals surface area contributed by atoms with Crippen LogP contribution in [0, 0.1) is 0 Å². The highest BCUT2D eigenvalue weighted by Gasteiger charge is 2.16. The molecule has 0 bridgehead atoms. The van der Waals surface area contributed by atoms with Crippen molar-refractivity contribution in [2.75, 3.05) is 19.7 Å². The third-order valence-corrected chi connectivity index (χ3v) is 4.94. The molecular formula is C22H29ClN2O4. The van der Waals surface area contributed by atoms with Gasteiger partial charge in [0.2, 0.25) is 5.91 Å². The number of rotatable bonds is 12. The lowest BCUT2D eigenvalue weighted by molar-refractivity contribution is -0.129. The molecule has 0 saturated heterocycles. The molecule has 0 aliphatic heterocycles. The number of hydrogen-bond donors (Lipinski definition) is 2. The predicted molar refractivity (Wildman–Crippen MR) is 114 cm³/mol. The Bertz CT molecular complexity index is 737. The molecule has 2 rings (SSSR count). The average Bonchev–Trinajstić information content (AvgIpc) is 2.75. The van der Waals surface area contributed by atoms with E-state index in [0.717, 1.165) is 36.8 Å². The Balaban J connectivity index is 1.84. The molecule has 0 unspecified atom stereocenters. The number of nitrogens with zero attached hydrogens (tertiary/aromatic N) is 1. The lowest BCUT2D eigenvalue weighted by Crippen LogP contribution is -2.40. The molecule has 2 aromatic carbocycles. The van der Waals surface area contributed by atoms with Gasteiger partial charge in [0, 0.05) is 17.5 Å². The van der Waals surface area contributed by atoms with E-state index in [1.54, 1.807) is 17.6 Å². The molecule has 0 aliphatic rings. The maximum atomic E-state index is 11.2. The lowest BCUT2D eigenvalue weighted by atomic mass is 10.1. The molecule has 1 atom stereocenters. The quantitative estimate of drug-likeness (QED) is 0.377. The van der Waals surface area contributed by atoms with Crippen molar-refractivity contribution in [3.05, 3.63) is 53.6 Å². The van der Waals surface area contributed by atoms with Gasteiger partial charge in [0.1, 0.15) is 23.9 Å². The Morgan fingerprint density at radius 3 is 2.21 bits per heavy atom. The molecule has 0 aromatic heterocycles. The first-order chi connectivity index (χ1) is 14.0. The summed E-state index contributed by atoms with van der Waals surface area (Å²) in [6, 6.07) is 15.0. The summed E-state index contributed by atoms with van der Waals surface area (Å²) in [5.41, 5.74) is 1.67. The van der Waals surface area contributed by atoms with Gasteiger partial charge in [-0.1, -0.05) is 25.4 Å². The number of amides is 1. The summed E-state index contributed by atoms with van der Waals surface area (Å²) in [5, 5.41) is 9.26. The van der Waals surface area contributed by atoms with Crippen LogP contribution in [0.3, 0.4) is 0 Å². The van der Waals surface area contributed by atoms with Gasteiger partial charge in [-0.25, -0.2) is 5.48 Å². The lowest BCUT2D eigenvalue weighted by Gasteiger charge is -2.29. The first-order valence-corrected chi connectivity index (χ1v) is 10.3. The van der Waals surface area contributed by atoms with Gasteiger partial charge in [0.05, 0.1) is 0 Å². The fraction of sp³-hybridized carbons (Fsp3) is 0.409. The van der Waals surface area contributed by atoms with Crippen LogP contribution in [0.5, 0.6) is 17.2 Å². The largest absolute Gasteiger partial charge is 0.492 e. The highest BCUT2D eigenvalue weighted by atomic mass is 35.5. The number of benzene rings is 2. The normalized spacial score (nSPS) is 11.9. The molecule has 1 amide bonds. The van der Waals surface area contributed by atoms with Crippen LogP contribution in [-0.2, 0) is 4.79 Å². The molecular weight excluding hydrogens is 392 g/mol. The first kappa shape index (κ1) is 23.0. The summed E-state index contributed by atoms with van der Waals surface area (Å²) in [6.07, 6.45) is 1.94. The average molecular weight is 421 g/mol. The van der Waals surface area contributed by atoms with Crippen LogP contribution in [-0.4, -0.2) is 41.8 Å². The van der Waals surface area contributed by atoms with E-state index in [0.29, 0.717) is 24.5 Å². The molecule has 0 spiro atoms. The van der Waals surface area contributed by atoms with E-state index >= 15 is 0 Å². The van der Waals surface area contributed by atoms with Gasteiger partial charge < -0.3 is 9.47 Å². The van der Waals surface area contributed by atoms with Gasteiger partial charge in [-0.2, -0.15) is 0 Å². The molecule has 0 fully saturated rings. The smallest absolute Gasteiger partial charge is 0.243 e. The third-order valence-electron chi connectivity index (χ3n) is 4.68. The van der Waals surface area contributed by atoms with Gasteiger partial charge in [-0.3, -0.25) is 14.9 Å². The molecule has 0 aliphatic carbocycles. The van der Waals surface area contributed by atoms with E-state index in [1.165, 1.54) is 0 Å². The molecule has 2 N–H and O–H groups in total. The van der Waals surface area contributed by atoms with Crippen LogP contribution < -0.4 is 15.0 Å². The topological polar surface area (TPSA) is 71.0 Å². The number of hydrogen-bond acceptors (Lipinski definition) is 5. The van der Waals surface area contributed by atoms with E-state index in [9.17, 15) is 4.79 Å². The summed E-state index contributed by atoms with van der Waals surface area (Å²) in [7, 11) is 0. The Labute approximate surface area is 177 Å². The van der Waals surface area contributed by atoms with Gasteiger partial charge in [-0.05, 0) is 74.5 Å². The van der Waals surface area contributed by atoms with E-state index in [2.05, 4.69) is 18.7 Å². The first-order valence-electron chi connectivity index (χ1n) is 9.89. The number of hydroxylamine groups is 1. The number of ether oxygens (including phenoxy) is 2. The summed E-state index contributed by atoms with van der Waals surface area (Å²) in [6.45, 7) is 6.43. The second kappa shape index (κ2) is 12.3. The standard InChI is InChI=1S/C22H29ClN2O4/c1-3-18(25(4-2)15-5-6-22(26)24-27)16-28-19-11-13-21(14-12-19)29-20-9-7-17(23)8-10-20/h7-14,18,27H,3-6,15-16H2,1-2H3,(H,24,26)/t18-/m0/s1. The zero-order valence-corrected chi connectivity index (χ0v) is 17.7. The van der Waals surface area contributed by atoms with Crippen molar-refractivity contribution < 1.29 is 19.5 Å². The summed E-state index contributed by atoms with van der Waals surface area (Å²) in [4.78, 5) is 13.5. The minimum Gasteiger partial charge on any atom is -0.492 e. The highest BCUT2D eigenvalue weighted by molar-refractivity contribution is 6.30. The number of halogens is 1. The van der Waals surface area contributed by atoms with E-state index in [1.807, 2.05) is 36.4 Å². The zero-order chi connectivity index (χ0) is 21.1. The van der Waals surface area contributed by atoms with E-state index in [-0.39, 0.29) is 11.9 Å². The van der Waals surface area contributed by atoms with Crippen LogP contribution in [0.2, 0.25) is 5.02 Å². The number of likely N-dealkylation sites (N-methyl/N-ethyl adjacent to an activating group) is 1. The fourth-order valence-electron chi connectivity index (χ4n) is 3.01. The monoisotopic (exact) mass is 420 g/mol. The van der Waals surface area contributed by atoms with Crippen molar-refractivity contribution in [1.82, 2.24) is 10.4 Å². The number of carbonyl (C=O) groups excluding carboxylic acids is 1. The maximum absolute atomic E-state index is 11.2. The van der Waals surface area contributed by atoms with Crippen LogP contribution in [0.25, 0.3) is 0 Å². The number of carbonyl (C=O) groups is 1. The second-order valence-corrected chi connectivity index (χ2v) is 7.10. The van der Waals surface area contributed by atoms with Gasteiger partial charge in [-0.15, -0.1) is 0 Å². The molecule has 6 nitrogen and oxygen atoms in total. The fourth-order valence-corrected chi connectivity index (χ4v) is 3.14. The Kier molecular flexibility index (Phi) is 9.77.